The van der Waals surface area contributed by atoms with Crippen molar-refractivity contribution in [1.29, 1.82) is 0 Å². The highest BCUT2D eigenvalue weighted by Crippen LogP contribution is 2.23. The van der Waals surface area contributed by atoms with E-state index in [9.17, 15) is 8.42 Å². The second kappa shape index (κ2) is 4.90. The molecule has 100 valence electrons. The first kappa shape index (κ1) is 13.4. The molecule has 5 heteroatoms. The van der Waals surface area contributed by atoms with Crippen molar-refractivity contribution in [3.63, 3.8) is 0 Å². The predicted octanol–water partition coefficient (Wildman–Crippen LogP) is 1.20. The van der Waals surface area contributed by atoms with Crippen LogP contribution < -0.4 is 10.2 Å². The van der Waals surface area contributed by atoms with E-state index in [0.29, 0.717) is 10.9 Å². The molecular formula is C13H20N2O2S. The molecule has 18 heavy (non-hydrogen) atoms. The average Bonchev–Trinajstić information content (AvgIpc) is 2.27. The van der Waals surface area contributed by atoms with Gasteiger partial charge in [0.1, 0.15) is 0 Å². The fraction of sp³-hybridized carbons (Fsp3) is 0.538. The Hall–Kier alpha value is -1.07. The van der Waals surface area contributed by atoms with Crippen LogP contribution in [-0.2, 0) is 9.84 Å². The third kappa shape index (κ3) is 2.84. The molecule has 1 unspecified atom stereocenters. The molecule has 0 radical (unpaired) electrons. The van der Waals surface area contributed by atoms with Crippen LogP contribution in [0.4, 0.5) is 5.69 Å². The summed E-state index contributed by atoms with van der Waals surface area (Å²) in [5.74, 6) is 0. The third-order valence-corrected chi connectivity index (χ3v) is 4.55. The number of sulfone groups is 1. The number of hydrogen-bond donors (Lipinski definition) is 1. The fourth-order valence-corrected chi connectivity index (χ4v) is 3.37. The van der Waals surface area contributed by atoms with E-state index in [1.54, 1.807) is 6.07 Å². The van der Waals surface area contributed by atoms with Crippen molar-refractivity contribution in [2.45, 2.75) is 24.8 Å². The summed E-state index contributed by atoms with van der Waals surface area (Å²) in [4.78, 5) is 2.72. The molecule has 4 nitrogen and oxygen atoms in total. The minimum atomic E-state index is -3.12. The van der Waals surface area contributed by atoms with E-state index >= 15 is 0 Å². The van der Waals surface area contributed by atoms with Crippen molar-refractivity contribution >= 4 is 15.5 Å². The normalized spacial score (nSPS) is 21.1. The quantitative estimate of drug-likeness (QED) is 0.875. The molecule has 1 saturated heterocycles. The summed E-state index contributed by atoms with van der Waals surface area (Å²) in [7, 11) is -3.12. The lowest BCUT2D eigenvalue weighted by Crippen LogP contribution is -2.49. The molecule has 0 saturated carbocycles. The Bertz CT molecular complexity index is 540. The highest BCUT2D eigenvalue weighted by atomic mass is 32.2. The topological polar surface area (TPSA) is 49.4 Å². The molecule has 0 amide bonds. The second-order valence-electron chi connectivity index (χ2n) is 5.02. The smallest absolute Gasteiger partial charge is 0.175 e. The Morgan fingerprint density at radius 1 is 1.39 bits per heavy atom. The van der Waals surface area contributed by atoms with E-state index in [4.69, 9.17) is 0 Å². The summed E-state index contributed by atoms with van der Waals surface area (Å²) in [6, 6.07) is 6.05. The van der Waals surface area contributed by atoms with Crippen LogP contribution in [0, 0.1) is 6.92 Å². The maximum absolute atomic E-state index is 11.6. The van der Waals surface area contributed by atoms with Crippen LogP contribution >= 0.6 is 0 Å². The van der Waals surface area contributed by atoms with E-state index in [-0.39, 0.29) is 0 Å². The predicted molar refractivity (Wildman–Crippen MR) is 74.0 cm³/mol. The molecule has 1 aliphatic heterocycles. The Morgan fingerprint density at radius 2 is 2.11 bits per heavy atom. The van der Waals surface area contributed by atoms with Gasteiger partial charge in [0.2, 0.25) is 0 Å². The summed E-state index contributed by atoms with van der Waals surface area (Å²) in [6.07, 6.45) is 1.25. The fourth-order valence-electron chi connectivity index (χ4n) is 2.41. The van der Waals surface area contributed by atoms with Crippen LogP contribution in [0.2, 0.25) is 0 Å². The number of rotatable bonds is 2. The van der Waals surface area contributed by atoms with Gasteiger partial charge in [-0.05, 0) is 37.6 Å². The third-order valence-electron chi connectivity index (χ3n) is 3.29. The lowest BCUT2D eigenvalue weighted by atomic mass is 10.1. The molecule has 0 spiro atoms. The summed E-state index contributed by atoms with van der Waals surface area (Å²) >= 11 is 0. The number of nitrogens with one attached hydrogen (secondary N) is 1. The highest BCUT2D eigenvalue weighted by molar-refractivity contribution is 7.90. The van der Waals surface area contributed by atoms with Crippen LogP contribution in [0.3, 0.4) is 0 Å². The molecule has 1 aromatic rings. The molecule has 1 aliphatic rings. The number of anilines is 1. The average molecular weight is 268 g/mol. The molecule has 0 aliphatic carbocycles. The Balaban J connectivity index is 2.29. The monoisotopic (exact) mass is 268 g/mol. The van der Waals surface area contributed by atoms with Crippen molar-refractivity contribution < 1.29 is 8.42 Å². The van der Waals surface area contributed by atoms with Gasteiger partial charge in [0.25, 0.3) is 0 Å². The van der Waals surface area contributed by atoms with Gasteiger partial charge < -0.3 is 10.2 Å². The van der Waals surface area contributed by atoms with Crippen LogP contribution in [-0.4, -0.2) is 40.3 Å². The molecule has 2 rings (SSSR count). The zero-order chi connectivity index (χ0) is 13.3. The minimum absolute atomic E-state index is 0.425. The van der Waals surface area contributed by atoms with Gasteiger partial charge in [0.15, 0.2) is 9.84 Å². The summed E-state index contributed by atoms with van der Waals surface area (Å²) in [5, 5.41) is 3.39. The van der Waals surface area contributed by atoms with Crippen molar-refractivity contribution in [3.8, 4) is 0 Å². The van der Waals surface area contributed by atoms with Crippen molar-refractivity contribution in [2.75, 3.05) is 30.8 Å². The Morgan fingerprint density at radius 3 is 2.67 bits per heavy atom. The van der Waals surface area contributed by atoms with Gasteiger partial charge in [0, 0.05) is 37.6 Å². The maximum Gasteiger partial charge on any atom is 0.175 e. The highest BCUT2D eigenvalue weighted by Gasteiger charge is 2.17. The van der Waals surface area contributed by atoms with E-state index in [1.807, 2.05) is 19.1 Å². The number of piperazine rings is 1. The summed E-state index contributed by atoms with van der Waals surface area (Å²) in [5.41, 5.74) is 1.93. The van der Waals surface area contributed by atoms with Crippen molar-refractivity contribution in [3.05, 3.63) is 23.8 Å². The van der Waals surface area contributed by atoms with Crippen LogP contribution in [0.25, 0.3) is 0 Å². The van der Waals surface area contributed by atoms with Gasteiger partial charge in [0.05, 0.1) is 4.90 Å². The molecule has 0 bridgehead atoms. The van der Waals surface area contributed by atoms with Gasteiger partial charge in [-0.1, -0.05) is 0 Å². The molecule has 0 aromatic heterocycles. The van der Waals surface area contributed by atoms with E-state index in [0.717, 1.165) is 30.9 Å². The lowest BCUT2D eigenvalue weighted by molar-refractivity contribution is 0.484. The van der Waals surface area contributed by atoms with Gasteiger partial charge in [-0.2, -0.15) is 0 Å². The maximum atomic E-state index is 11.6. The molecule has 1 atom stereocenters. The van der Waals surface area contributed by atoms with E-state index < -0.39 is 9.84 Å². The zero-order valence-electron chi connectivity index (χ0n) is 11.1. The molecule has 1 fully saturated rings. The number of nitrogens with zero attached hydrogens (tertiary/aromatic N) is 1. The Labute approximate surface area is 109 Å². The van der Waals surface area contributed by atoms with Crippen LogP contribution in [0.15, 0.2) is 23.1 Å². The first-order valence-corrected chi connectivity index (χ1v) is 8.06. The standard InChI is InChI=1S/C13H20N2O2S/c1-10-8-12(4-5-13(10)18(3,16)17)15-7-6-14-11(2)9-15/h4-5,8,11,14H,6-7,9H2,1-3H3. The molecule has 1 N–H and O–H groups in total. The van der Waals surface area contributed by atoms with Gasteiger partial charge in [-0.25, -0.2) is 8.42 Å². The summed E-state index contributed by atoms with van der Waals surface area (Å²) < 4.78 is 23.1. The van der Waals surface area contributed by atoms with Crippen molar-refractivity contribution in [1.82, 2.24) is 5.32 Å². The van der Waals surface area contributed by atoms with E-state index in [2.05, 4.69) is 17.1 Å². The first-order chi connectivity index (χ1) is 8.38. The molecular weight excluding hydrogens is 248 g/mol. The SMILES string of the molecule is Cc1cc(N2CCNC(C)C2)ccc1S(C)(=O)=O. The van der Waals surface area contributed by atoms with Crippen LogP contribution in [0.5, 0.6) is 0 Å². The first-order valence-electron chi connectivity index (χ1n) is 6.17. The van der Waals surface area contributed by atoms with Gasteiger partial charge >= 0.3 is 0 Å². The van der Waals surface area contributed by atoms with E-state index in [1.165, 1.54) is 6.26 Å². The largest absolute Gasteiger partial charge is 0.369 e. The zero-order valence-corrected chi connectivity index (χ0v) is 11.9. The molecule has 1 aromatic carbocycles. The van der Waals surface area contributed by atoms with Gasteiger partial charge in [-0.15, -0.1) is 0 Å². The minimum Gasteiger partial charge on any atom is -0.369 e. The van der Waals surface area contributed by atoms with Crippen molar-refractivity contribution in [2.24, 2.45) is 0 Å². The van der Waals surface area contributed by atoms with Crippen LogP contribution in [0.1, 0.15) is 12.5 Å². The number of benzene rings is 1. The second-order valence-corrected chi connectivity index (χ2v) is 7.01. The lowest BCUT2D eigenvalue weighted by Gasteiger charge is -2.34. The number of hydrogen-bond acceptors (Lipinski definition) is 4. The summed E-state index contributed by atoms with van der Waals surface area (Å²) in [6.45, 7) is 6.89. The Kier molecular flexibility index (Phi) is 3.64. The molecule has 1 heterocycles. The number of aryl methyl sites for hydroxylation is 1. The van der Waals surface area contributed by atoms with Gasteiger partial charge in [-0.3, -0.25) is 0 Å².